The van der Waals surface area contributed by atoms with Crippen molar-refractivity contribution in [3.8, 4) is 0 Å². The second-order valence-corrected chi connectivity index (χ2v) is 8.77. The van der Waals surface area contributed by atoms with Gasteiger partial charge in [-0.1, -0.05) is 34.9 Å². The zero-order chi connectivity index (χ0) is 15.0. The van der Waals surface area contributed by atoms with Crippen molar-refractivity contribution in [2.24, 2.45) is 0 Å². The topological polar surface area (TPSA) is 77.6 Å². The van der Waals surface area contributed by atoms with Crippen molar-refractivity contribution in [1.29, 1.82) is 0 Å². The lowest BCUT2D eigenvalue weighted by Crippen LogP contribution is -1.99. The van der Waals surface area contributed by atoms with Gasteiger partial charge in [-0.25, -0.2) is 9.97 Å². The monoisotopic (exact) mass is 355 g/mol. The molecule has 9 heteroatoms. The fourth-order valence-corrected chi connectivity index (χ4v) is 5.20. The van der Waals surface area contributed by atoms with E-state index in [2.05, 4.69) is 34.0 Å². The zero-order valence-electron chi connectivity index (χ0n) is 11.7. The molecule has 3 heterocycles. The van der Waals surface area contributed by atoms with Gasteiger partial charge < -0.3 is 5.73 Å². The molecule has 0 unspecified atom stereocenters. The number of anilines is 1. The molecule has 0 bridgehead atoms. The first-order valence-electron chi connectivity index (χ1n) is 6.11. The summed E-state index contributed by atoms with van der Waals surface area (Å²) in [7, 11) is 0. The van der Waals surface area contributed by atoms with E-state index in [1.54, 1.807) is 46.2 Å². The number of aromatic nitrogens is 4. The first-order chi connectivity index (χ1) is 10.1. The minimum atomic E-state index is 0.569. The van der Waals surface area contributed by atoms with Crippen molar-refractivity contribution < 1.29 is 0 Å². The molecule has 0 aromatic carbocycles. The zero-order valence-corrected chi connectivity index (χ0v) is 15.0. The molecule has 0 saturated heterocycles. The van der Waals surface area contributed by atoms with Crippen LogP contribution in [-0.2, 0) is 5.75 Å². The summed E-state index contributed by atoms with van der Waals surface area (Å²) in [5.74, 6) is 1.96. The van der Waals surface area contributed by atoms with Crippen LogP contribution in [0.4, 0.5) is 5.82 Å². The summed E-state index contributed by atoms with van der Waals surface area (Å²) in [5, 5.41) is 9.20. The fourth-order valence-electron chi connectivity index (χ4n) is 1.86. The van der Waals surface area contributed by atoms with Gasteiger partial charge in [0.05, 0.1) is 11.1 Å². The molecule has 0 radical (unpaired) electrons. The molecule has 0 aliphatic rings. The maximum Gasteiger partial charge on any atom is 0.175 e. The molecule has 3 aromatic heterocycles. The Morgan fingerprint density at radius 1 is 1.10 bits per heavy atom. The summed E-state index contributed by atoms with van der Waals surface area (Å²) in [4.78, 5) is 11.2. The Balaban J connectivity index is 1.84. The van der Waals surface area contributed by atoms with E-state index in [-0.39, 0.29) is 0 Å². The van der Waals surface area contributed by atoms with Crippen LogP contribution in [0.2, 0.25) is 0 Å². The lowest BCUT2D eigenvalue weighted by atomic mass is 10.2. The molecule has 0 saturated carbocycles. The number of fused-ring (bicyclic) bond motifs is 1. The van der Waals surface area contributed by atoms with Gasteiger partial charge in [0.25, 0.3) is 0 Å². The van der Waals surface area contributed by atoms with E-state index >= 15 is 0 Å². The van der Waals surface area contributed by atoms with Crippen LogP contribution in [0.1, 0.15) is 16.3 Å². The number of aryl methyl sites for hydroxylation is 2. The highest BCUT2D eigenvalue weighted by Crippen LogP contribution is 2.33. The van der Waals surface area contributed by atoms with Crippen molar-refractivity contribution >= 4 is 62.2 Å². The Bertz CT molecular complexity index is 794. The number of hydrogen-bond acceptors (Lipinski definition) is 9. The number of nitrogens with zero attached hydrogens (tertiary/aromatic N) is 4. The van der Waals surface area contributed by atoms with Gasteiger partial charge >= 0.3 is 0 Å². The summed E-state index contributed by atoms with van der Waals surface area (Å²) in [6.07, 6.45) is 1.99. The summed E-state index contributed by atoms with van der Waals surface area (Å²) in [5.41, 5.74) is 7.26. The molecule has 0 aliphatic carbocycles. The van der Waals surface area contributed by atoms with E-state index in [1.165, 1.54) is 10.4 Å². The fraction of sp³-hybridized carbons (Fsp3) is 0.333. The Morgan fingerprint density at radius 2 is 1.86 bits per heavy atom. The minimum absolute atomic E-state index is 0.569. The number of thioether (sulfide) groups is 2. The minimum Gasteiger partial charge on any atom is -0.383 e. The smallest absolute Gasteiger partial charge is 0.175 e. The molecule has 3 aromatic rings. The van der Waals surface area contributed by atoms with E-state index in [1.807, 2.05) is 6.26 Å². The summed E-state index contributed by atoms with van der Waals surface area (Å²) >= 11 is 6.45. The second-order valence-electron chi connectivity index (χ2n) is 4.32. The van der Waals surface area contributed by atoms with Crippen molar-refractivity contribution in [2.75, 3.05) is 12.0 Å². The molecule has 110 valence electrons. The highest BCUT2D eigenvalue weighted by Gasteiger charge is 2.13. The first-order valence-corrected chi connectivity index (χ1v) is 9.95. The van der Waals surface area contributed by atoms with Gasteiger partial charge in [0, 0.05) is 4.88 Å². The van der Waals surface area contributed by atoms with E-state index in [0.29, 0.717) is 11.6 Å². The van der Waals surface area contributed by atoms with Crippen molar-refractivity contribution in [1.82, 2.24) is 20.2 Å². The van der Waals surface area contributed by atoms with Gasteiger partial charge in [-0.15, -0.1) is 21.5 Å². The van der Waals surface area contributed by atoms with Crippen LogP contribution >= 0.6 is 46.2 Å². The predicted molar refractivity (Wildman–Crippen MR) is 92.6 cm³/mol. The van der Waals surface area contributed by atoms with Gasteiger partial charge in [0.2, 0.25) is 0 Å². The highest BCUT2D eigenvalue weighted by molar-refractivity contribution is 8.02. The van der Waals surface area contributed by atoms with Crippen LogP contribution in [0.3, 0.4) is 0 Å². The van der Waals surface area contributed by atoms with E-state index < -0.39 is 0 Å². The second kappa shape index (κ2) is 6.07. The number of nitrogens with two attached hydrogens (primary N) is 1. The Morgan fingerprint density at radius 3 is 2.57 bits per heavy atom. The number of hydrogen-bond donors (Lipinski definition) is 1. The van der Waals surface area contributed by atoms with Crippen LogP contribution in [0.25, 0.3) is 10.2 Å². The van der Waals surface area contributed by atoms with Gasteiger partial charge in [-0.3, -0.25) is 0 Å². The SMILES string of the molecule is CSc1nnc(SCc2nc(N)c3c(C)c(C)sc3n2)s1. The predicted octanol–water partition coefficient (Wildman–Crippen LogP) is 3.76. The molecule has 5 nitrogen and oxygen atoms in total. The third-order valence-corrected chi connectivity index (χ3v) is 7.12. The molecular formula is C12H13N5S4. The van der Waals surface area contributed by atoms with Crippen LogP contribution in [-0.4, -0.2) is 26.4 Å². The Hall–Kier alpha value is -0.900. The summed E-state index contributed by atoms with van der Waals surface area (Å²) in [6.45, 7) is 4.15. The molecular weight excluding hydrogens is 342 g/mol. The van der Waals surface area contributed by atoms with Gasteiger partial charge in [0.1, 0.15) is 16.5 Å². The maximum absolute atomic E-state index is 6.08. The van der Waals surface area contributed by atoms with Crippen molar-refractivity contribution in [2.45, 2.75) is 28.3 Å². The average Bonchev–Trinajstić information content (AvgIpc) is 3.02. The van der Waals surface area contributed by atoms with Crippen molar-refractivity contribution in [3.63, 3.8) is 0 Å². The lowest BCUT2D eigenvalue weighted by Gasteiger charge is -2.01. The standard InChI is InChI=1S/C12H13N5S4/c1-5-6(2)20-10-8(5)9(13)14-7(15-10)4-19-12-17-16-11(18-3)21-12/h4H2,1-3H3,(H2,13,14,15). The molecule has 3 rings (SSSR count). The van der Waals surface area contributed by atoms with Crippen LogP contribution < -0.4 is 5.73 Å². The summed E-state index contributed by atoms with van der Waals surface area (Å²) in [6, 6.07) is 0. The Kier molecular flexibility index (Phi) is 4.34. The van der Waals surface area contributed by atoms with E-state index in [0.717, 1.165) is 24.7 Å². The molecule has 2 N–H and O–H groups in total. The number of thiophene rings is 1. The third-order valence-electron chi connectivity index (χ3n) is 2.99. The van der Waals surface area contributed by atoms with Gasteiger partial charge in [-0.2, -0.15) is 0 Å². The van der Waals surface area contributed by atoms with E-state index in [4.69, 9.17) is 5.73 Å². The first kappa shape index (κ1) is 15.0. The third kappa shape index (κ3) is 3.01. The van der Waals surface area contributed by atoms with Crippen molar-refractivity contribution in [3.05, 3.63) is 16.3 Å². The van der Waals surface area contributed by atoms with Gasteiger partial charge in [-0.05, 0) is 25.7 Å². The Labute approximate surface area is 138 Å². The molecule has 21 heavy (non-hydrogen) atoms. The maximum atomic E-state index is 6.08. The van der Waals surface area contributed by atoms with Crippen LogP contribution in [0.15, 0.2) is 8.68 Å². The molecule has 0 spiro atoms. The molecule has 0 fully saturated rings. The molecule has 0 amide bonds. The quantitative estimate of drug-likeness (QED) is 0.714. The van der Waals surface area contributed by atoms with Crippen LogP contribution in [0.5, 0.6) is 0 Å². The highest BCUT2D eigenvalue weighted by atomic mass is 32.2. The van der Waals surface area contributed by atoms with E-state index in [9.17, 15) is 0 Å². The number of nitrogen functional groups attached to an aromatic ring is 1. The van der Waals surface area contributed by atoms with Gasteiger partial charge in [0.15, 0.2) is 8.68 Å². The van der Waals surface area contributed by atoms with Crippen LogP contribution in [0, 0.1) is 13.8 Å². The number of rotatable bonds is 4. The lowest BCUT2D eigenvalue weighted by molar-refractivity contribution is 0.954. The summed E-state index contributed by atoms with van der Waals surface area (Å²) < 4.78 is 1.90. The molecule has 0 aliphatic heterocycles. The normalized spacial score (nSPS) is 11.4. The average molecular weight is 356 g/mol. The largest absolute Gasteiger partial charge is 0.383 e. The molecule has 0 atom stereocenters.